The van der Waals surface area contributed by atoms with Crippen LogP contribution in [0, 0.1) is 17.3 Å². The van der Waals surface area contributed by atoms with Crippen molar-refractivity contribution < 1.29 is 0 Å². The molecule has 0 aliphatic heterocycles. The summed E-state index contributed by atoms with van der Waals surface area (Å²) in [6.07, 6.45) is 6.56. The average Bonchev–Trinajstić information content (AvgIpc) is 2.44. The fourth-order valence-corrected chi connectivity index (χ4v) is 5.85. The van der Waals surface area contributed by atoms with Gasteiger partial charge in [-0.25, -0.2) is 0 Å². The summed E-state index contributed by atoms with van der Waals surface area (Å²) in [6, 6.07) is 0. The smallest absolute Gasteiger partial charge is 0.00970 e. The van der Waals surface area contributed by atoms with Gasteiger partial charge in [-0.3, -0.25) is 0 Å². The minimum absolute atomic E-state index is 0.322. The van der Waals surface area contributed by atoms with Crippen LogP contribution in [-0.4, -0.2) is 25.5 Å². The number of rotatable bonds is 14. The second-order valence-electron chi connectivity index (χ2n) is 7.48. The fraction of sp³-hybridized carbons (Fsp3) is 0.700. The molecule has 134 valence electrons. The van der Waals surface area contributed by atoms with Crippen molar-refractivity contribution >= 4 is 19.2 Å². The summed E-state index contributed by atoms with van der Waals surface area (Å²) in [4.78, 5) is 0. The molecule has 0 spiro atoms. The molecule has 0 radical (unpaired) electrons. The molecule has 0 aromatic rings. The van der Waals surface area contributed by atoms with Crippen molar-refractivity contribution in [3.05, 3.63) is 37.0 Å². The van der Waals surface area contributed by atoms with Crippen molar-refractivity contribution in [3.63, 3.8) is 0 Å². The zero-order valence-electron chi connectivity index (χ0n) is 16.0. The summed E-state index contributed by atoms with van der Waals surface area (Å²) >= 11 is 2.08. The first-order valence-corrected chi connectivity index (χ1v) is 11.6. The topological polar surface area (TPSA) is 12.0 Å². The van der Waals surface area contributed by atoms with Gasteiger partial charge in [0.15, 0.2) is 0 Å². The van der Waals surface area contributed by atoms with E-state index in [1.54, 1.807) is 0 Å². The number of nitrogens with one attached hydrogen (secondary N) is 1. The van der Waals surface area contributed by atoms with Gasteiger partial charge in [0, 0.05) is 12.3 Å². The molecule has 0 saturated heterocycles. The maximum Gasteiger partial charge on any atom is 0.00970 e. The van der Waals surface area contributed by atoms with Crippen molar-refractivity contribution in [1.82, 2.24) is 5.32 Å². The van der Waals surface area contributed by atoms with Gasteiger partial charge in [-0.15, -0.1) is 24.5 Å². The van der Waals surface area contributed by atoms with Crippen LogP contribution >= 0.6 is 19.2 Å². The van der Waals surface area contributed by atoms with Gasteiger partial charge in [0.25, 0.3) is 0 Å². The van der Waals surface area contributed by atoms with Crippen LogP contribution in [0.1, 0.15) is 47.0 Å². The molecule has 3 unspecified atom stereocenters. The van der Waals surface area contributed by atoms with E-state index in [1.807, 2.05) is 7.05 Å². The van der Waals surface area contributed by atoms with Gasteiger partial charge >= 0.3 is 0 Å². The second-order valence-corrected chi connectivity index (χ2v) is 10.6. The summed E-state index contributed by atoms with van der Waals surface area (Å²) in [5.74, 6) is 2.43. The number of allylic oxidation sites excluding steroid dienone is 3. The molecule has 23 heavy (non-hydrogen) atoms. The number of hydrogen-bond acceptors (Lipinski definition) is 2. The molecular weight excluding hydrogens is 317 g/mol. The predicted octanol–water partition coefficient (Wildman–Crippen LogP) is 6.30. The van der Waals surface area contributed by atoms with E-state index in [4.69, 9.17) is 0 Å². The highest BCUT2D eigenvalue weighted by Crippen LogP contribution is 2.41. The van der Waals surface area contributed by atoms with Crippen LogP contribution in [0.2, 0.25) is 0 Å². The molecule has 0 fully saturated rings. The van der Waals surface area contributed by atoms with Crippen LogP contribution in [-0.2, 0) is 0 Å². The molecule has 0 aromatic heterocycles. The lowest BCUT2D eigenvalue weighted by atomic mass is 9.75. The van der Waals surface area contributed by atoms with Crippen LogP contribution < -0.4 is 5.32 Å². The van der Waals surface area contributed by atoms with Gasteiger partial charge < -0.3 is 5.32 Å². The molecule has 3 atom stereocenters. The Balaban J connectivity index is 4.27. The van der Waals surface area contributed by atoms with E-state index in [1.165, 1.54) is 23.1 Å². The lowest BCUT2D eigenvalue weighted by Gasteiger charge is -2.33. The van der Waals surface area contributed by atoms with E-state index in [0.717, 1.165) is 39.5 Å². The Morgan fingerprint density at radius 1 is 1.30 bits per heavy atom. The van der Waals surface area contributed by atoms with Gasteiger partial charge in [-0.2, -0.15) is 0 Å². The predicted molar refractivity (Wildman–Crippen MR) is 114 cm³/mol. The Morgan fingerprint density at radius 3 is 2.48 bits per heavy atom. The Hall–Kier alpha value is -0.0400. The molecule has 0 heterocycles. The summed E-state index contributed by atoms with van der Waals surface area (Å²) in [7, 11) is 3.02. The van der Waals surface area contributed by atoms with Crippen molar-refractivity contribution in [2.24, 2.45) is 17.3 Å². The summed E-state index contributed by atoms with van der Waals surface area (Å²) in [6.45, 7) is 22.7. The van der Waals surface area contributed by atoms with Crippen molar-refractivity contribution in [2.75, 3.05) is 25.5 Å². The zero-order valence-corrected chi connectivity index (χ0v) is 17.8. The summed E-state index contributed by atoms with van der Waals surface area (Å²) in [5, 5.41) is 3.21. The maximum absolute atomic E-state index is 4.35. The van der Waals surface area contributed by atoms with Gasteiger partial charge in [-0.05, 0) is 56.6 Å². The molecule has 0 saturated carbocycles. The highest BCUT2D eigenvalue weighted by Gasteiger charge is 2.26. The number of hydrogen-bond donors (Lipinski definition) is 1. The Morgan fingerprint density at radius 2 is 1.96 bits per heavy atom. The van der Waals surface area contributed by atoms with Crippen LogP contribution in [0.15, 0.2) is 37.0 Å². The Kier molecular flexibility index (Phi) is 12.3. The monoisotopic (exact) mass is 355 g/mol. The summed E-state index contributed by atoms with van der Waals surface area (Å²) < 4.78 is 0. The van der Waals surface area contributed by atoms with E-state index in [-0.39, 0.29) is 0 Å². The van der Waals surface area contributed by atoms with E-state index < -0.39 is 0 Å². The minimum atomic E-state index is 0.322. The second kappa shape index (κ2) is 12.3. The van der Waals surface area contributed by atoms with Gasteiger partial charge in [0.1, 0.15) is 0 Å². The van der Waals surface area contributed by atoms with E-state index in [9.17, 15) is 0 Å². The van der Waals surface area contributed by atoms with E-state index >= 15 is 0 Å². The van der Waals surface area contributed by atoms with E-state index in [2.05, 4.69) is 70.2 Å². The quantitative estimate of drug-likeness (QED) is 0.223. The lowest BCUT2D eigenvalue weighted by Crippen LogP contribution is -2.24. The third-order valence-corrected chi connectivity index (χ3v) is 7.60. The third-order valence-electron chi connectivity index (χ3n) is 4.48. The molecule has 0 aliphatic carbocycles. The molecule has 0 aromatic carbocycles. The Bertz CT molecular complexity index is 376. The maximum atomic E-state index is 4.35. The van der Waals surface area contributed by atoms with E-state index in [0.29, 0.717) is 11.3 Å². The molecule has 3 heteroatoms. The molecule has 1 nitrogen and oxygen atoms in total. The first-order chi connectivity index (χ1) is 10.7. The van der Waals surface area contributed by atoms with Crippen molar-refractivity contribution in [1.29, 1.82) is 0 Å². The highest BCUT2D eigenvalue weighted by molar-refractivity contribution is 8.49. The molecule has 0 bridgehead atoms. The lowest BCUT2D eigenvalue weighted by molar-refractivity contribution is 0.248. The molecule has 0 rings (SSSR count). The summed E-state index contributed by atoms with van der Waals surface area (Å²) in [5.41, 5.74) is 2.91. The first kappa shape index (κ1) is 23.0. The zero-order chi connectivity index (χ0) is 17.9. The van der Waals surface area contributed by atoms with Crippen LogP contribution in [0.3, 0.4) is 0 Å². The van der Waals surface area contributed by atoms with Crippen LogP contribution in [0.25, 0.3) is 0 Å². The molecule has 0 aliphatic rings. The molecule has 0 amide bonds. The Labute approximate surface area is 151 Å². The van der Waals surface area contributed by atoms with Crippen LogP contribution in [0.5, 0.6) is 0 Å². The largest absolute Gasteiger partial charge is 0.319 e. The minimum Gasteiger partial charge on any atom is -0.319 e. The third kappa shape index (κ3) is 11.2. The molecule has 1 N–H and O–H groups in total. The SMILES string of the molecule is C=CC(CC(=C)C)CC(=C)CC(C)(C)C(C)CPSCCNC. The van der Waals surface area contributed by atoms with Gasteiger partial charge in [0.05, 0.1) is 0 Å². The fourth-order valence-electron chi connectivity index (χ4n) is 2.63. The standard InChI is InChI=1S/C20H38NPS/c1-9-19(12-16(2)3)13-17(4)14-20(6,7)18(5)15-22-23-11-10-21-8/h9,18-19,21-22H,1-2,4,10-15H2,3,5-8H3. The van der Waals surface area contributed by atoms with Crippen molar-refractivity contribution in [3.8, 4) is 0 Å². The van der Waals surface area contributed by atoms with Crippen LogP contribution in [0.4, 0.5) is 0 Å². The normalized spacial score (nSPS) is 14.8. The molecular formula is C20H38NPS. The highest BCUT2D eigenvalue weighted by atomic mass is 32.7. The average molecular weight is 356 g/mol. The van der Waals surface area contributed by atoms with Gasteiger partial charge in [-0.1, -0.05) is 52.4 Å². The van der Waals surface area contributed by atoms with Gasteiger partial charge in [0.2, 0.25) is 0 Å². The van der Waals surface area contributed by atoms with Crippen molar-refractivity contribution in [2.45, 2.75) is 47.0 Å². The first-order valence-electron chi connectivity index (χ1n) is 8.65.